The van der Waals surface area contributed by atoms with Crippen LogP contribution < -0.4 is 0 Å². The SMILES string of the molecule is CO[C@H]1[C@@H](OC(C)=O)[C@H](Sc2ccc(C)cc2)O[C@@H](C)[C@H]1OC(=O)CCl. The second kappa shape index (κ2) is 9.60. The van der Waals surface area contributed by atoms with Crippen LogP contribution >= 0.6 is 23.4 Å². The van der Waals surface area contributed by atoms with Crippen LogP contribution in [-0.2, 0) is 28.5 Å². The van der Waals surface area contributed by atoms with Gasteiger partial charge in [0.15, 0.2) is 12.2 Å². The summed E-state index contributed by atoms with van der Waals surface area (Å²) in [5, 5.41) is 0. The Kier molecular flexibility index (Phi) is 7.76. The highest BCUT2D eigenvalue weighted by Crippen LogP contribution is 2.37. The first-order valence-corrected chi connectivity index (χ1v) is 9.61. The number of hydrogen-bond donors (Lipinski definition) is 0. The fourth-order valence-electron chi connectivity index (χ4n) is 2.75. The highest BCUT2D eigenvalue weighted by molar-refractivity contribution is 7.99. The van der Waals surface area contributed by atoms with E-state index in [0.29, 0.717) is 0 Å². The molecule has 0 saturated carbocycles. The fourth-order valence-corrected chi connectivity index (χ4v) is 3.95. The Morgan fingerprint density at radius 3 is 2.35 bits per heavy atom. The second-order valence-electron chi connectivity index (χ2n) is 6.00. The van der Waals surface area contributed by atoms with Gasteiger partial charge in [-0.15, -0.1) is 11.6 Å². The number of halogens is 1. The minimum Gasteiger partial charge on any atom is -0.456 e. The molecule has 1 saturated heterocycles. The molecule has 1 fully saturated rings. The van der Waals surface area contributed by atoms with Gasteiger partial charge in [-0.05, 0) is 26.0 Å². The molecule has 2 rings (SSSR count). The summed E-state index contributed by atoms with van der Waals surface area (Å²) >= 11 is 6.96. The molecule has 6 nitrogen and oxygen atoms in total. The molecule has 0 aromatic heterocycles. The highest BCUT2D eigenvalue weighted by Gasteiger charge is 2.49. The molecule has 1 heterocycles. The summed E-state index contributed by atoms with van der Waals surface area (Å²) in [5.74, 6) is -1.33. The van der Waals surface area contributed by atoms with E-state index in [1.165, 1.54) is 25.8 Å². The van der Waals surface area contributed by atoms with E-state index in [0.717, 1.165) is 10.5 Å². The maximum absolute atomic E-state index is 11.6. The third-order valence-corrected chi connectivity index (χ3v) is 5.33. The summed E-state index contributed by atoms with van der Waals surface area (Å²) < 4.78 is 22.4. The fraction of sp³-hybridized carbons (Fsp3) is 0.556. The molecule has 5 atom stereocenters. The molecule has 1 aromatic carbocycles. The number of carbonyl (C=O) groups excluding carboxylic acids is 2. The van der Waals surface area contributed by atoms with Gasteiger partial charge in [0.25, 0.3) is 0 Å². The monoisotopic (exact) mass is 402 g/mol. The van der Waals surface area contributed by atoms with Crippen molar-refractivity contribution >= 4 is 35.3 Å². The van der Waals surface area contributed by atoms with Crippen molar-refractivity contribution in [3.05, 3.63) is 29.8 Å². The van der Waals surface area contributed by atoms with Gasteiger partial charge in [0.05, 0.1) is 6.10 Å². The number of carbonyl (C=O) groups is 2. The van der Waals surface area contributed by atoms with Gasteiger partial charge >= 0.3 is 11.9 Å². The van der Waals surface area contributed by atoms with E-state index in [1.54, 1.807) is 6.92 Å². The number of thioether (sulfide) groups is 1. The molecule has 0 spiro atoms. The molecule has 0 bridgehead atoms. The Morgan fingerprint density at radius 1 is 1.15 bits per heavy atom. The van der Waals surface area contributed by atoms with Gasteiger partial charge in [0, 0.05) is 18.9 Å². The van der Waals surface area contributed by atoms with Crippen LogP contribution in [0, 0.1) is 6.92 Å². The zero-order valence-electron chi connectivity index (χ0n) is 15.1. The first-order chi connectivity index (χ1) is 12.3. The molecule has 0 aliphatic carbocycles. The zero-order valence-corrected chi connectivity index (χ0v) is 16.7. The largest absolute Gasteiger partial charge is 0.456 e. The number of aryl methyl sites for hydroxylation is 1. The van der Waals surface area contributed by atoms with Crippen molar-refractivity contribution in [2.45, 2.75) is 55.5 Å². The lowest BCUT2D eigenvalue weighted by molar-refractivity contribution is -0.225. The van der Waals surface area contributed by atoms with Gasteiger partial charge in [-0.2, -0.15) is 0 Å². The lowest BCUT2D eigenvalue weighted by Gasteiger charge is -2.43. The van der Waals surface area contributed by atoms with Crippen molar-refractivity contribution in [3.8, 4) is 0 Å². The smallest absolute Gasteiger partial charge is 0.321 e. The molecular formula is C18H23ClO6S. The van der Waals surface area contributed by atoms with Crippen LogP contribution in [0.15, 0.2) is 29.2 Å². The number of benzene rings is 1. The van der Waals surface area contributed by atoms with Crippen LogP contribution in [0.5, 0.6) is 0 Å². The first-order valence-electron chi connectivity index (χ1n) is 8.20. The maximum atomic E-state index is 11.6. The van der Waals surface area contributed by atoms with E-state index in [9.17, 15) is 9.59 Å². The Hall–Kier alpha value is -1.28. The van der Waals surface area contributed by atoms with Gasteiger partial charge in [0.2, 0.25) is 0 Å². The summed E-state index contributed by atoms with van der Waals surface area (Å²) in [7, 11) is 1.48. The molecule has 26 heavy (non-hydrogen) atoms. The molecule has 1 aliphatic heterocycles. The molecule has 8 heteroatoms. The van der Waals surface area contributed by atoms with Crippen molar-refractivity contribution in [3.63, 3.8) is 0 Å². The maximum Gasteiger partial charge on any atom is 0.321 e. The Labute approximate surface area is 162 Å². The van der Waals surface area contributed by atoms with Gasteiger partial charge < -0.3 is 18.9 Å². The van der Waals surface area contributed by atoms with Crippen LogP contribution in [0.25, 0.3) is 0 Å². The predicted molar refractivity (Wildman–Crippen MR) is 98.3 cm³/mol. The van der Waals surface area contributed by atoms with Gasteiger partial charge in [-0.1, -0.05) is 29.5 Å². The van der Waals surface area contributed by atoms with Crippen molar-refractivity contribution in [2.24, 2.45) is 0 Å². The topological polar surface area (TPSA) is 71.1 Å². The first kappa shape index (κ1) is 21.0. The average Bonchev–Trinajstić information content (AvgIpc) is 2.60. The zero-order chi connectivity index (χ0) is 19.3. The van der Waals surface area contributed by atoms with E-state index in [2.05, 4.69) is 0 Å². The van der Waals surface area contributed by atoms with E-state index in [-0.39, 0.29) is 5.88 Å². The molecule has 0 unspecified atom stereocenters. The van der Waals surface area contributed by atoms with Crippen molar-refractivity contribution < 1.29 is 28.5 Å². The number of methoxy groups -OCH3 is 1. The lowest BCUT2D eigenvalue weighted by Crippen LogP contribution is -2.59. The molecule has 144 valence electrons. The van der Waals surface area contributed by atoms with Crippen LogP contribution in [0.4, 0.5) is 0 Å². The normalized spacial score (nSPS) is 28.4. The summed E-state index contributed by atoms with van der Waals surface area (Å²) in [4.78, 5) is 24.2. The lowest BCUT2D eigenvalue weighted by atomic mass is 10.00. The van der Waals surface area contributed by atoms with Crippen molar-refractivity contribution in [1.29, 1.82) is 0 Å². The number of alkyl halides is 1. The number of rotatable bonds is 6. The molecular weight excluding hydrogens is 380 g/mol. The van der Waals surface area contributed by atoms with Crippen LogP contribution in [0.2, 0.25) is 0 Å². The Bertz CT molecular complexity index is 623. The summed E-state index contributed by atoms with van der Waals surface area (Å²) in [6.45, 7) is 5.11. The molecule has 0 N–H and O–H groups in total. The summed E-state index contributed by atoms with van der Waals surface area (Å²) in [5.41, 5.74) is 0.638. The minimum atomic E-state index is -0.742. The molecule has 1 aliphatic rings. The number of ether oxygens (including phenoxy) is 4. The van der Waals surface area contributed by atoms with Gasteiger partial charge in [-0.25, -0.2) is 0 Å². The number of esters is 2. The molecule has 0 radical (unpaired) electrons. The van der Waals surface area contributed by atoms with Gasteiger partial charge in [-0.3, -0.25) is 9.59 Å². The quantitative estimate of drug-likeness (QED) is 0.535. The summed E-state index contributed by atoms with van der Waals surface area (Å²) in [6, 6.07) is 7.93. The Morgan fingerprint density at radius 2 is 1.81 bits per heavy atom. The predicted octanol–water partition coefficient (Wildman–Crippen LogP) is 2.93. The van der Waals surface area contributed by atoms with Crippen molar-refractivity contribution in [2.75, 3.05) is 13.0 Å². The van der Waals surface area contributed by atoms with E-state index in [4.69, 9.17) is 30.5 Å². The second-order valence-corrected chi connectivity index (χ2v) is 7.44. The van der Waals surface area contributed by atoms with Crippen LogP contribution in [0.3, 0.4) is 0 Å². The third kappa shape index (κ3) is 5.36. The minimum absolute atomic E-state index is 0.278. The average molecular weight is 403 g/mol. The van der Waals surface area contributed by atoms with Crippen LogP contribution in [0.1, 0.15) is 19.4 Å². The van der Waals surface area contributed by atoms with E-state index >= 15 is 0 Å². The highest BCUT2D eigenvalue weighted by atomic mass is 35.5. The number of hydrogen-bond acceptors (Lipinski definition) is 7. The van der Waals surface area contributed by atoms with E-state index in [1.807, 2.05) is 31.2 Å². The molecule has 0 amide bonds. The molecule has 1 aromatic rings. The summed E-state index contributed by atoms with van der Waals surface area (Å²) in [6.07, 6.45) is -2.60. The standard InChI is InChI=1S/C18H23ClO6S/c1-10-5-7-13(8-6-10)26-18-17(24-12(3)20)16(22-4)15(11(2)23-18)25-14(21)9-19/h5-8,11,15-18H,9H2,1-4H3/t11-,15+,16+,17+,18-/m0/s1. The van der Waals surface area contributed by atoms with Crippen LogP contribution in [-0.4, -0.2) is 54.8 Å². The van der Waals surface area contributed by atoms with Crippen molar-refractivity contribution in [1.82, 2.24) is 0 Å². The Balaban J connectivity index is 2.25. The van der Waals surface area contributed by atoms with E-state index < -0.39 is 41.8 Å². The third-order valence-electron chi connectivity index (χ3n) is 3.95. The van der Waals surface area contributed by atoms with Gasteiger partial charge in [0.1, 0.15) is 17.4 Å².